The normalized spacial score (nSPS) is 11.4. The van der Waals surface area contributed by atoms with Gasteiger partial charge in [0.2, 0.25) is 11.7 Å². The van der Waals surface area contributed by atoms with E-state index >= 15 is 0 Å². The van der Waals surface area contributed by atoms with Gasteiger partial charge in [-0.2, -0.15) is 4.98 Å². The fraction of sp³-hybridized carbons (Fsp3) is 0.357. The minimum absolute atomic E-state index is 0.000201. The summed E-state index contributed by atoms with van der Waals surface area (Å²) >= 11 is 5.84. The second-order valence-electron chi connectivity index (χ2n) is 5.50. The van der Waals surface area contributed by atoms with Gasteiger partial charge in [-0.05, 0) is 18.2 Å². The lowest BCUT2D eigenvalue weighted by atomic mass is 9.97. The van der Waals surface area contributed by atoms with Gasteiger partial charge in [0, 0.05) is 10.4 Å². The third-order valence-corrected chi connectivity index (χ3v) is 2.88. The molecule has 0 atom stereocenters. The minimum Gasteiger partial charge on any atom is -0.485 e. The molecule has 0 radical (unpaired) electrons. The number of ether oxygens (including phenoxy) is 1. The number of carboxylic acids is 1. The molecule has 0 fully saturated rings. The molecule has 1 heterocycles. The van der Waals surface area contributed by atoms with Crippen molar-refractivity contribution in [2.24, 2.45) is 0 Å². The largest absolute Gasteiger partial charge is 0.485 e. The van der Waals surface area contributed by atoms with E-state index in [2.05, 4.69) is 10.1 Å². The number of nitrogens with zero attached hydrogens (tertiary/aromatic N) is 2. The van der Waals surface area contributed by atoms with Gasteiger partial charge < -0.3 is 14.4 Å². The van der Waals surface area contributed by atoms with Crippen molar-refractivity contribution in [3.8, 4) is 5.75 Å². The summed E-state index contributed by atoms with van der Waals surface area (Å²) in [6.07, 6.45) is 0. The van der Waals surface area contributed by atoms with Crippen LogP contribution in [0, 0.1) is 0 Å². The predicted octanol–water partition coefficient (Wildman–Crippen LogP) is 3.30. The lowest BCUT2D eigenvalue weighted by Gasteiger charge is -2.10. The molecule has 0 aliphatic carbocycles. The lowest BCUT2D eigenvalue weighted by Crippen LogP contribution is -2.11. The Hall–Kier alpha value is -2.08. The topological polar surface area (TPSA) is 85.5 Å². The smallest absolute Gasteiger partial charge is 0.339 e. The Kier molecular flexibility index (Phi) is 4.18. The van der Waals surface area contributed by atoms with Gasteiger partial charge in [-0.25, -0.2) is 4.79 Å². The van der Waals surface area contributed by atoms with Crippen LogP contribution in [0.3, 0.4) is 0 Å². The molecule has 6 nitrogen and oxygen atoms in total. The van der Waals surface area contributed by atoms with E-state index in [-0.39, 0.29) is 23.3 Å². The number of aromatic nitrogens is 2. The average molecular weight is 311 g/mol. The second-order valence-corrected chi connectivity index (χ2v) is 5.94. The highest BCUT2D eigenvalue weighted by molar-refractivity contribution is 6.30. The molecular formula is C14H15ClN2O4. The zero-order valence-corrected chi connectivity index (χ0v) is 12.6. The summed E-state index contributed by atoms with van der Waals surface area (Å²) in [5, 5.41) is 13.3. The van der Waals surface area contributed by atoms with Crippen molar-refractivity contribution in [2.75, 3.05) is 0 Å². The molecule has 1 aromatic heterocycles. The van der Waals surface area contributed by atoms with Crippen molar-refractivity contribution in [1.29, 1.82) is 0 Å². The van der Waals surface area contributed by atoms with E-state index in [1.165, 1.54) is 18.2 Å². The summed E-state index contributed by atoms with van der Waals surface area (Å²) in [6.45, 7) is 5.85. The zero-order chi connectivity index (χ0) is 15.6. The van der Waals surface area contributed by atoms with Crippen LogP contribution < -0.4 is 4.74 Å². The Bertz CT molecular complexity index is 661. The Labute approximate surface area is 126 Å². The van der Waals surface area contributed by atoms with Gasteiger partial charge in [0.05, 0.1) is 0 Å². The molecular weight excluding hydrogens is 296 g/mol. The third kappa shape index (κ3) is 3.72. The predicted molar refractivity (Wildman–Crippen MR) is 75.7 cm³/mol. The summed E-state index contributed by atoms with van der Waals surface area (Å²) in [5.74, 6) is -0.0934. The first-order valence-electron chi connectivity index (χ1n) is 6.26. The molecule has 0 saturated carbocycles. The van der Waals surface area contributed by atoms with Gasteiger partial charge >= 0.3 is 5.97 Å². The number of halogens is 1. The maximum Gasteiger partial charge on any atom is 0.339 e. The number of hydrogen-bond donors (Lipinski definition) is 1. The first-order chi connectivity index (χ1) is 9.77. The molecule has 112 valence electrons. The van der Waals surface area contributed by atoms with Crippen LogP contribution >= 0.6 is 11.6 Å². The van der Waals surface area contributed by atoms with Crippen LogP contribution in [0.2, 0.25) is 5.02 Å². The molecule has 0 aliphatic heterocycles. The third-order valence-electron chi connectivity index (χ3n) is 2.64. The fourth-order valence-electron chi connectivity index (χ4n) is 1.55. The number of carbonyl (C=O) groups is 1. The molecule has 1 aromatic carbocycles. The standard InChI is InChI=1S/C14H15ClN2O4/c1-14(2,3)13-16-11(17-21-13)7-20-10-6-8(15)4-5-9(10)12(18)19/h4-6H,7H2,1-3H3,(H,18,19). The summed E-state index contributed by atoms with van der Waals surface area (Å²) in [6, 6.07) is 4.32. The van der Waals surface area contributed by atoms with Gasteiger partial charge in [-0.1, -0.05) is 37.5 Å². The summed E-state index contributed by atoms with van der Waals surface area (Å²) in [4.78, 5) is 15.3. The van der Waals surface area contributed by atoms with Gasteiger partial charge in [-0.15, -0.1) is 0 Å². The summed E-state index contributed by atoms with van der Waals surface area (Å²) < 4.78 is 10.6. The zero-order valence-electron chi connectivity index (χ0n) is 11.9. The van der Waals surface area contributed by atoms with E-state index in [1.54, 1.807) is 0 Å². The molecule has 2 rings (SSSR count). The van der Waals surface area contributed by atoms with Crippen molar-refractivity contribution in [3.05, 3.63) is 40.5 Å². The van der Waals surface area contributed by atoms with Crippen molar-refractivity contribution in [1.82, 2.24) is 10.1 Å². The highest BCUT2D eigenvalue weighted by Gasteiger charge is 2.22. The van der Waals surface area contributed by atoms with Gasteiger partial charge in [0.15, 0.2) is 6.61 Å². The van der Waals surface area contributed by atoms with Crippen molar-refractivity contribution in [3.63, 3.8) is 0 Å². The van der Waals surface area contributed by atoms with Crippen LogP contribution in [0.1, 0.15) is 42.8 Å². The van der Waals surface area contributed by atoms with Crippen LogP contribution in [0.15, 0.2) is 22.7 Å². The van der Waals surface area contributed by atoms with Crippen molar-refractivity contribution < 1.29 is 19.2 Å². The molecule has 0 unspecified atom stereocenters. The van der Waals surface area contributed by atoms with Crippen LogP contribution in [0.5, 0.6) is 5.75 Å². The van der Waals surface area contributed by atoms with E-state index < -0.39 is 5.97 Å². The highest BCUT2D eigenvalue weighted by atomic mass is 35.5. The Morgan fingerprint density at radius 2 is 2.14 bits per heavy atom. The molecule has 0 bridgehead atoms. The molecule has 1 N–H and O–H groups in total. The van der Waals surface area contributed by atoms with E-state index in [0.29, 0.717) is 16.7 Å². The van der Waals surface area contributed by atoms with Gasteiger partial charge in [-0.3, -0.25) is 0 Å². The Morgan fingerprint density at radius 3 is 2.71 bits per heavy atom. The van der Waals surface area contributed by atoms with E-state index in [0.717, 1.165) is 0 Å². The first kappa shape index (κ1) is 15.3. The van der Waals surface area contributed by atoms with Crippen molar-refractivity contribution >= 4 is 17.6 Å². The molecule has 0 saturated heterocycles. The average Bonchev–Trinajstić information content (AvgIpc) is 2.84. The second kappa shape index (κ2) is 5.73. The quantitative estimate of drug-likeness (QED) is 0.932. The van der Waals surface area contributed by atoms with E-state index in [1.807, 2.05) is 20.8 Å². The summed E-state index contributed by atoms with van der Waals surface area (Å²) in [7, 11) is 0. The SMILES string of the molecule is CC(C)(C)c1nc(COc2cc(Cl)ccc2C(=O)O)no1. The van der Waals surface area contributed by atoms with Crippen molar-refractivity contribution in [2.45, 2.75) is 32.8 Å². The number of rotatable bonds is 4. The molecule has 0 spiro atoms. The van der Waals surface area contributed by atoms with Crippen LogP contribution in [0.4, 0.5) is 0 Å². The van der Waals surface area contributed by atoms with Crippen LogP contribution in [0.25, 0.3) is 0 Å². The van der Waals surface area contributed by atoms with Crippen LogP contribution in [-0.4, -0.2) is 21.2 Å². The first-order valence-corrected chi connectivity index (χ1v) is 6.64. The molecule has 21 heavy (non-hydrogen) atoms. The van der Waals surface area contributed by atoms with Gasteiger partial charge in [0.1, 0.15) is 11.3 Å². The Morgan fingerprint density at radius 1 is 1.43 bits per heavy atom. The molecule has 2 aromatic rings. The number of carboxylic acid groups (broad SMARTS) is 1. The number of aromatic carboxylic acids is 1. The molecule has 0 aliphatic rings. The maximum absolute atomic E-state index is 11.1. The molecule has 0 amide bonds. The number of benzene rings is 1. The Balaban J connectivity index is 2.15. The minimum atomic E-state index is -1.09. The monoisotopic (exact) mass is 310 g/mol. The highest BCUT2D eigenvalue weighted by Crippen LogP contribution is 2.25. The van der Waals surface area contributed by atoms with E-state index in [4.69, 9.17) is 26.0 Å². The molecule has 7 heteroatoms. The maximum atomic E-state index is 11.1. The lowest BCUT2D eigenvalue weighted by molar-refractivity contribution is 0.0691. The van der Waals surface area contributed by atoms with Gasteiger partial charge in [0.25, 0.3) is 0 Å². The number of hydrogen-bond acceptors (Lipinski definition) is 5. The fourth-order valence-corrected chi connectivity index (χ4v) is 1.71. The van der Waals surface area contributed by atoms with E-state index in [9.17, 15) is 4.79 Å². The van der Waals surface area contributed by atoms with Crippen LogP contribution in [-0.2, 0) is 12.0 Å². The summed E-state index contributed by atoms with van der Waals surface area (Å²) in [5.41, 5.74) is -0.230.